The molecule has 104 valence electrons. The molecule has 0 unspecified atom stereocenters. The lowest BCUT2D eigenvalue weighted by Gasteiger charge is -2.08. The summed E-state index contributed by atoms with van der Waals surface area (Å²) < 4.78 is 0. The molecule has 0 heterocycles. The van der Waals surface area contributed by atoms with Gasteiger partial charge in [-0.25, -0.2) is 0 Å². The summed E-state index contributed by atoms with van der Waals surface area (Å²) in [6, 6.07) is 4.45. The molecular weight excluding hydrogens is 266 g/mol. The number of thioether (sulfide) groups is 1. The molecule has 0 aliphatic heterocycles. The van der Waals surface area contributed by atoms with E-state index in [0.717, 1.165) is 5.75 Å². The van der Waals surface area contributed by atoms with E-state index >= 15 is 0 Å². The second-order valence-electron chi connectivity index (χ2n) is 3.77. The Labute approximate surface area is 116 Å². The first kappa shape index (κ1) is 15.3. The van der Waals surface area contributed by atoms with Crippen molar-refractivity contribution >= 4 is 29.0 Å². The number of carbonyl (C=O) groups excluding carboxylic acids is 1. The van der Waals surface area contributed by atoms with Crippen molar-refractivity contribution in [3.05, 3.63) is 33.9 Å². The van der Waals surface area contributed by atoms with Crippen LogP contribution in [0.5, 0.6) is 0 Å². The summed E-state index contributed by atoms with van der Waals surface area (Å²) in [5.74, 6) is 0.552. The van der Waals surface area contributed by atoms with Gasteiger partial charge < -0.3 is 10.6 Å². The van der Waals surface area contributed by atoms with Crippen molar-refractivity contribution in [1.82, 2.24) is 5.32 Å². The SMILES string of the molecule is CCNC(=O)c1ccc(NCCSC)c([N+](=O)[O-])c1. The second kappa shape index (κ2) is 7.63. The highest BCUT2D eigenvalue weighted by Crippen LogP contribution is 2.25. The molecule has 0 saturated carbocycles. The number of nitro groups is 1. The highest BCUT2D eigenvalue weighted by molar-refractivity contribution is 7.98. The summed E-state index contributed by atoms with van der Waals surface area (Å²) in [7, 11) is 0. The van der Waals surface area contributed by atoms with Crippen molar-refractivity contribution < 1.29 is 9.72 Å². The third-order valence-corrected chi connectivity index (χ3v) is 3.03. The first-order valence-corrected chi connectivity index (χ1v) is 7.29. The predicted octanol–water partition coefficient (Wildman–Crippen LogP) is 2.12. The number of amides is 1. The molecule has 7 heteroatoms. The highest BCUT2D eigenvalue weighted by Gasteiger charge is 2.16. The van der Waals surface area contributed by atoms with E-state index in [0.29, 0.717) is 24.3 Å². The Morgan fingerprint density at radius 3 is 2.79 bits per heavy atom. The minimum absolute atomic E-state index is 0.0788. The zero-order valence-electron chi connectivity index (χ0n) is 10.9. The van der Waals surface area contributed by atoms with E-state index in [9.17, 15) is 14.9 Å². The van der Waals surface area contributed by atoms with Crippen LogP contribution in [0.3, 0.4) is 0 Å². The minimum atomic E-state index is -0.482. The highest BCUT2D eigenvalue weighted by atomic mass is 32.2. The zero-order chi connectivity index (χ0) is 14.3. The number of nitro benzene ring substituents is 1. The number of hydrogen-bond acceptors (Lipinski definition) is 5. The van der Waals surface area contributed by atoms with Crippen molar-refractivity contribution in [2.75, 3.05) is 30.4 Å². The van der Waals surface area contributed by atoms with Crippen molar-refractivity contribution in [1.29, 1.82) is 0 Å². The predicted molar refractivity (Wildman–Crippen MR) is 78.0 cm³/mol. The number of carbonyl (C=O) groups is 1. The first-order chi connectivity index (χ1) is 9.10. The number of hydrogen-bond donors (Lipinski definition) is 2. The molecule has 6 nitrogen and oxygen atoms in total. The van der Waals surface area contributed by atoms with Crippen molar-refractivity contribution in [2.45, 2.75) is 6.92 Å². The lowest BCUT2D eigenvalue weighted by atomic mass is 10.1. The molecule has 0 aliphatic carbocycles. The first-order valence-electron chi connectivity index (χ1n) is 5.89. The number of rotatable bonds is 7. The molecule has 0 bridgehead atoms. The van der Waals surface area contributed by atoms with Gasteiger partial charge in [-0.3, -0.25) is 14.9 Å². The summed E-state index contributed by atoms with van der Waals surface area (Å²) in [4.78, 5) is 22.2. The minimum Gasteiger partial charge on any atom is -0.379 e. The molecule has 0 aromatic heterocycles. The van der Waals surface area contributed by atoms with E-state index in [-0.39, 0.29) is 11.6 Å². The average Bonchev–Trinajstić information content (AvgIpc) is 2.39. The van der Waals surface area contributed by atoms with Gasteiger partial charge in [0.15, 0.2) is 0 Å². The van der Waals surface area contributed by atoms with Gasteiger partial charge in [-0.15, -0.1) is 0 Å². The fourth-order valence-corrected chi connectivity index (χ4v) is 1.83. The molecule has 1 aromatic rings. The molecule has 1 rings (SSSR count). The third kappa shape index (κ3) is 4.44. The molecule has 0 radical (unpaired) electrons. The molecule has 1 amide bonds. The van der Waals surface area contributed by atoms with Crippen molar-refractivity contribution in [3.63, 3.8) is 0 Å². The van der Waals surface area contributed by atoms with E-state index in [1.165, 1.54) is 6.07 Å². The Bertz CT molecular complexity index is 466. The Morgan fingerprint density at radius 2 is 2.21 bits per heavy atom. The van der Waals surface area contributed by atoms with E-state index in [1.807, 2.05) is 6.26 Å². The number of anilines is 1. The lowest BCUT2D eigenvalue weighted by molar-refractivity contribution is -0.384. The fourth-order valence-electron chi connectivity index (χ4n) is 1.52. The van der Waals surface area contributed by atoms with Crippen LogP contribution in [0.4, 0.5) is 11.4 Å². The van der Waals surface area contributed by atoms with E-state index in [2.05, 4.69) is 10.6 Å². The maximum atomic E-state index is 11.6. The third-order valence-electron chi connectivity index (χ3n) is 2.42. The summed E-state index contributed by atoms with van der Waals surface area (Å²) in [5, 5.41) is 16.6. The maximum Gasteiger partial charge on any atom is 0.293 e. The Hall–Kier alpha value is -1.76. The molecule has 19 heavy (non-hydrogen) atoms. The number of benzene rings is 1. The summed E-state index contributed by atoms with van der Waals surface area (Å²) in [6.07, 6.45) is 1.97. The Kier molecular flexibility index (Phi) is 6.14. The van der Waals surface area contributed by atoms with Gasteiger partial charge in [-0.1, -0.05) is 0 Å². The van der Waals surface area contributed by atoms with Crippen LogP contribution in [0.25, 0.3) is 0 Å². The molecule has 0 saturated heterocycles. The van der Waals surface area contributed by atoms with Crippen LogP contribution in [0.15, 0.2) is 18.2 Å². The Balaban J connectivity index is 2.94. The van der Waals surface area contributed by atoms with Gasteiger partial charge in [0.2, 0.25) is 0 Å². The van der Waals surface area contributed by atoms with E-state index in [1.54, 1.807) is 30.8 Å². The van der Waals surface area contributed by atoms with Crippen molar-refractivity contribution in [3.8, 4) is 0 Å². The molecule has 2 N–H and O–H groups in total. The van der Waals surface area contributed by atoms with Gasteiger partial charge in [-0.05, 0) is 25.3 Å². The second-order valence-corrected chi connectivity index (χ2v) is 4.75. The standard InChI is InChI=1S/C12H17N3O3S/c1-3-13-12(16)9-4-5-10(14-6-7-19-2)11(8-9)15(17)18/h4-5,8,14H,3,6-7H2,1-2H3,(H,13,16). The van der Waals surface area contributed by atoms with Crippen LogP contribution in [0.2, 0.25) is 0 Å². The monoisotopic (exact) mass is 283 g/mol. The average molecular weight is 283 g/mol. The van der Waals surface area contributed by atoms with Crippen LogP contribution in [0.1, 0.15) is 17.3 Å². The quantitative estimate of drug-likeness (QED) is 0.455. The van der Waals surface area contributed by atoms with Crippen LogP contribution >= 0.6 is 11.8 Å². The topological polar surface area (TPSA) is 84.3 Å². The van der Waals surface area contributed by atoms with E-state index in [4.69, 9.17) is 0 Å². The molecule has 0 aliphatic rings. The van der Waals surface area contributed by atoms with Gasteiger partial charge in [0.25, 0.3) is 11.6 Å². The molecule has 0 fully saturated rings. The molecule has 0 spiro atoms. The summed E-state index contributed by atoms with van der Waals surface area (Å²) in [5.41, 5.74) is 0.654. The van der Waals surface area contributed by atoms with Crippen LogP contribution < -0.4 is 10.6 Å². The van der Waals surface area contributed by atoms with Crippen LogP contribution in [-0.2, 0) is 0 Å². The lowest BCUT2D eigenvalue weighted by Crippen LogP contribution is -2.22. The zero-order valence-corrected chi connectivity index (χ0v) is 11.8. The van der Waals surface area contributed by atoms with Gasteiger partial charge in [0.1, 0.15) is 5.69 Å². The Morgan fingerprint density at radius 1 is 1.47 bits per heavy atom. The molecule has 0 atom stereocenters. The largest absolute Gasteiger partial charge is 0.379 e. The molecular formula is C12H17N3O3S. The summed E-state index contributed by atoms with van der Waals surface area (Å²) >= 11 is 1.65. The maximum absolute atomic E-state index is 11.6. The van der Waals surface area contributed by atoms with Crippen LogP contribution in [0, 0.1) is 10.1 Å². The van der Waals surface area contributed by atoms with Gasteiger partial charge in [-0.2, -0.15) is 11.8 Å². The van der Waals surface area contributed by atoms with Gasteiger partial charge >= 0.3 is 0 Å². The van der Waals surface area contributed by atoms with Gasteiger partial charge in [0.05, 0.1) is 4.92 Å². The normalized spacial score (nSPS) is 10.0. The van der Waals surface area contributed by atoms with Crippen LogP contribution in [-0.4, -0.2) is 35.9 Å². The number of nitrogens with zero attached hydrogens (tertiary/aromatic N) is 1. The van der Waals surface area contributed by atoms with E-state index < -0.39 is 4.92 Å². The molecule has 1 aromatic carbocycles. The number of nitrogens with one attached hydrogen (secondary N) is 2. The fraction of sp³-hybridized carbons (Fsp3) is 0.417. The smallest absolute Gasteiger partial charge is 0.293 e. The van der Waals surface area contributed by atoms with Crippen molar-refractivity contribution in [2.24, 2.45) is 0 Å². The van der Waals surface area contributed by atoms with Gasteiger partial charge in [0, 0.05) is 30.5 Å². The summed E-state index contributed by atoms with van der Waals surface area (Å²) in [6.45, 7) is 2.92.